The van der Waals surface area contributed by atoms with Crippen molar-refractivity contribution in [3.05, 3.63) is 11.6 Å². The van der Waals surface area contributed by atoms with Crippen LogP contribution in [0.1, 0.15) is 65.7 Å². The lowest BCUT2D eigenvalue weighted by atomic mass is 9.44. The molecule has 0 radical (unpaired) electrons. The molecule has 3 aliphatic carbocycles. The summed E-state index contributed by atoms with van der Waals surface area (Å²) in [5.41, 5.74) is 0.888. The number of carbonyl (C=O) groups excluding carboxylic acids is 2. The zero-order chi connectivity index (χ0) is 16.9. The fourth-order valence-corrected chi connectivity index (χ4v) is 6.14. The zero-order valence-corrected chi connectivity index (χ0v) is 15.0. The molecule has 3 nitrogen and oxygen atoms in total. The van der Waals surface area contributed by atoms with E-state index in [-0.39, 0.29) is 22.2 Å². The average molecular weight is 318 g/mol. The number of esters is 1. The lowest BCUT2D eigenvalue weighted by molar-refractivity contribution is -0.165. The highest BCUT2D eigenvalue weighted by Gasteiger charge is 2.59. The Morgan fingerprint density at radius 2 is 1.96 bits per heavy atom. The van der Waals surface area contributed by atoms with Crippen molar-refractivity contribution in [3.8, 4) is 0 Å². The molecule has 0 aromatic rings. The minimum atomic E-state index is -0.386. The van der Waals surface area contributed by atoms with E-state index in [1.807, 2.05) is 0 Å². The molecule has 23 heavy (non-hydrogen) atoms. The summed E-state index contributed by atoms with van der Waals surface area (Å²) in [5, 5.41) is 0. The number of ether oxygens (including phenoxy) is 1. The van der Waals surface area contributed by atoms with Crippen LogP contribution >= 0.6 is 0 Å². The third-order valence-electron chi connectivity index (χ3n) is 7.47. The first-order valence-electron chi connectivity index (χ1n) is 9.07. The summed E-state index contributed by atoms with van der Waals surface area (Å²) in [5.74, 6) is 0.629. The first-order valence-corrected chi connectivity index (χ1v) is 9.07. The highest BCUT2D eigenvalue weighted by molar-refractivity contribution is 5.77. The van der Waals surface area contributed by atoms with Crippen LogP contribution in [0, 0.1) is 28.1 Å². The Balaban J connectivity index is 2.03. The second-order valence-corrected chi connectivity index (χ2v) is 8.68. The molecule has 3 aliphatic rings. The largest absolute Gasteiger partial charge is 0.469 e. The molecule has 128 valence electrons. The Labute approximate surface area is 139 Å². The molecule has 3 rings (SSSR count). The Morgan fingerprint density at radius 3 is 2.61 bits per heavy atom. The second-order valence-electron chi connectivity index (χ2n) is 8.68. The van der Waals surface area contributed by atoms with Gasteiger partial charge in [0.2, 0.25) is 0 Å². The molecule has 0 saturated heterocycles. The van der Waals surface area contributed by atoms with Crippen molar-refractivity contribution in [1.82, 2.24) is 0 Å². The lowest BCUT2D eigenvalue weighted by Gasteiger charge is -2.59. The summed E-state index contributed by atoms with van der Waals surface area (Å²) in [6, 6.07) is 0. The first kappa shape index (κ1) is 16.7. The summed E-state index contributed by atoms with van der Waals surface area (Å²) in [6.07, 6.45) is 10.7. The fraction of sp³-hybridized carbons (Fsp3) is 0.800. The SMILES string of the molecule is COC(=O)[C@]1(C)CCC[C@@]2(C)C3=CCC[C@@](C)(C=O)[C@H]3CC[C@H]12. The van der Waals surface area contributed by atoms with Crippen molar-refractivity contribution in [2.24, 2.45) is 28.1 Å². The van der Waals surface area contributed by atoms with E-state index in [2.05, 4.69) is 26.8 Å². The molecule has 0 aromatic heterocycles. The summed E-state index contributed by atoms with van der Waals surface area (Å²) in [6.45, 7) is 6.57. The van der Waals surface area contributed by atoms with Crippen LogP contribution < -0.4 is 0 Å². The maximum atomic E-state index is 12.5. The van der Waals surface area contributed by atoms with Crippen LogP contribution in [0.4, 0.5) is 0 Å². The molecule has 2 fully saturated rings. The molecule has 0 spiro atoms. The van der Waals surface area contributed by atoms with Crippen molar-refractivity contribution in [3.63, 3.8) is 0 Å². The van der Waals surface area contributed by atoms with Gasteiger partial charge in [0.05, 0.1) is 12.5 Å². The van der Waals surface area contributed by atoms with E-state index >= 15 is 0 Å². The van der Waals surface area contributed by atoms with Gasteiger partial charge >= 0.3 is 5.97 Å². The topological polar surface area (TPSA) is 43.4 Å². The fourth-order valence-electron chi connectivity index (χ4n) is 6.14. The van der Waals surface area contributed by atoms with Gasteiger partial charge in [0, 0.05) is 5.41 Å². The zero-order valence-electron chi connectivity index (χ0n) is 15.0. The molecule has 0 amide bonds. The molecule has 2 saturated carbocycles. The van der Waals surface area contributed by atoms with Crippen LogP contribution in [0.3, 0.4) is 0 Å². The number of hydrogen-bond donors (Lipinski definition) is 0. The van der Waals surface area contributed by atoms with Crippen LogP contribution in [0.2, 0.25) is 0 Å². The van der Waals surface area contributed by atoms with Crippen molar-refractivity contribution < 1.29 is 14.3 Å². The Morgan fingerprint density at radius 1 is 1.22 bits per heavy atom. The van der Waals surface area contributed by atoms with Gasteiger partial charge in [-0.2, -0.15) is 0 Å². The van der Waals surface area contributed by atoms with Crippen LogP contribution in [0.25, 0.3) is 0 Å². The molecular weight excluding hydrogens is 288 g/mol. The van der Waals surface area contributed by atoms with E-state index < -0.39 is 0 Å². The van der Waals surface area contributed by atoms with Gasteiger partial charge in [-0.25, -0.2) is 0 Å². The second kappa shape index (κ2) is 5.46. The van der Waals surface area contributed by atoms with Gasteiger partial charge in [-0.3, -0.25) is 4.79 Å². The van der Waals surface area contributed by atoms with E-state index in [0.29, 0.717) is 11.8 Å². The molecular formula is C20H30O3. The lowest BCUT2D eigenvalue weighted by Crippen LogP contribution is -2.54. The third kappa shape index (κ3) is 2.22. The minimum Gasteiger partial charge on any atom is -0.469 e. The van der Waals surface area contributed by atoms with Gasteiger partial charge in [-0.05, 0) is 62.7 Å². The Bertz CT molecular complexity index is 551. The molecule has 3 heteroatoms. The first-order chi connectivity index (χ1) is 10.8. The van der Waals surface area contributed by atoms with Crippen molar-refractivity contribution in [1.29, 1.82) is 0 Å². The van der Waals surface area contributed by atoms with Crippen LogP contribution in [-0.2, 0) is 14.3 Å². The number of fused-ring (bicyclic) bond motifs is 3. The highest BCUT2D eigenvalue weighted by Crippen LogP contribution is 2.64. The number of allylic oxidation sites excluding steroid dienone is 2. The number of hydrogen-bond acceptors (Lipinski definition) is 3. The monoisotopic (exact) mass is 318 g/mol. The van der Waals surface area contributed by atoms with Crippen molar-refractivity contribution in [2.45, 2.75) is 65.7 Å². The van der Waals surface area contributed by atoms with E-state index in [4.69, 9.17) is 4.74 Å². The van der Waals surface area contributed by atoms with E-state index in [1.54, 1.807) is 0 Å². The quantitative estimate of drug-likeness (QED) is 0.433. The van der Waals surface area contributed by atoms with Crippen LogP contribution in [-0.4, -0.2) is 19.4 Å². The van der Waals surface area contributed by atoms with E-state index in [9.17, 15) is 9.59 Å². The van der Waals surface area contributed by atoms with Crippen molar-refractivity contribution in [2.75, 3.05) is 7.11 Å². The predicted molar refractivity (Wildman–Crippen MR) is 89.8 cm³/mol. The molecule has 0 aromatic carbocycles. The normalized spacial score (nSPS) is 46.2. The molecule has 0 heterocycles. The van der Waals surface area contributed by atoms with Gasteiger partial charge in [-0.15, -0.1) is 0 Å². The Kier molecular flexibility index (Phi) is 3.97. The maximum Gasteiger partial charge on any atom is 0.311 e. The molecule has 5 atom stereocenters. The van der Waals surface area contributed by atoms with Gasteiger partial charge in [-0.1, -0.05) is 31.9 Å². The summed E-state index contributed by atoms with van der Waals surface area (Å²) in [7, 11) is 1.51. The third-order valence-corrected chi connectivity index (χ3v) is 7.47. The van der Waals surface area contributed by atoms with Crippen molar-refractivity contribution >= 4 is 12.3 Å². The summed E-state index contributed by atoms with van der Waals surface area (Å²) < 4.78 is 5.17. The standard InChI is InChI=1S/C20H30O3/c1-18(13-21)10-5-7-15-14(18)8-9-16-19(15,2)11-6-12-20(16,3)17(22)23-4/h7,13-14,16H,5-6,8-12H2,1-4H3/t14-,16-,18-,19-,20+/m0/s1. The van der Waals surface area contributed by atoms with Gasteiger partial charge < -0.3 is 9.53 Å². The van der Waals surface area contributed by atoms with Crippen LogP contribution in [0.5, 0.6) is 0 Å². The highest BCUT2D eigenvalue weighted by atomic mass is 16.5. The molecule has 0 bridgehead atoms. The number of carbonyl (C=O) groups is 2. The van der Waals surface area contributed by atoms with Gasteiger partial charge in [0.1, 0.15) is 6.29 Å². The average Bonchev–Trinajstić information content (AvgIpc) is 2.54. The maximum absolute atomic E-state index is 12.5. The summed E-state index contributed by atoms with van der Waals surface area (Å²) in [4.78, 5) is 24.3. The number of methoxy groups -OCH3 is 1. The van der Waals surface area contributed by atoms with E-state index in [1.165, 1.54) is 19.0 Å². The van der Waals surface area contributed by atoms with Gasteiger partial charge in [0.25, 0.3) is 0 Å². The number of aldehydes is 1. The predicted octanol–water partition coefficient (Wildman–Crippen LogP) is 4.31. The summed E-state index contributed by atoms with van der Waals surface area (Å²) >= 11 is 0. The smallest absolute Gasteiger partial charge is 0.311 e. The van der Waals surface area contributed by atoms with Gasteiger partial charge in [0.15, 0.2) is 0 Å². The molecule has 0 N–H and O–H groups in total. The molecule has 0 unspecified atom stereocenters. The van der Waals surface area contributed by atoms with Crippen LogP contribution in [0.15, 0.2) is 11.6 Å². The molecule has 0 aliphatic heterocycles. The Hall–Kier alpha value is -1.12. The number of rotatable bonds is 2. The minimum absolute atomic E-state index is 0.0365. The van der Waals surface area contributed by atoms with E-state index in [0.717, 1.165) is 44.9 Å².